The van der Waals surface area contributed by atoms with Gasteiger partial charge in [-0.05, 0) is 169 Å². The average Bonchev–Trinajstić information content (AvgIpc) is 4.30. The van der Waals surface area contributed by atoms with Crippen molar-refractivity contribution in [2.75, 3.05) is 4.90 Å². The molecule has 0 saturated carbocycles. The highest BCUT2D eigenvalue weighted by molar-refractivity contribution is 6.08. The predicted octanol–water partition coefficient (Wildman–Crippen LogP) is 20.0. The third kappa shape index (κ3) is 7.05. The molecule has 76 heavy (non-hydrogen) atoms. The molecule has 2 aromatic heterocycles. The standard InChI is InChI=1S/C73H47NO2/c1-4-16-48(17-5-1)49-28-34-58(35-29-49)74(60-38-39-62-61-22-10-13-25-67(61)73(68(62)47-60,56-18-6-2-7-19-56)57-20-8-3-9-21-57)59-36-30-50(31-37-59)53-42-54(51-32-40-71-65(45-51)63-23-11-14-26-69(63)75-71)44-55(43-53)52-33-41-72-66(46-52)64-24-12-15-27-70(64)76-72/h1-47H. The lowest BCUT2D eigenvalue weighted by Gasteiger charge is -2.35. The molecule has 0 radical (unpaired) electrons. The minimum Gasteiger partial charge on any atom is -0.456 e. The van der Waals surface area contributed by atoms with E-state index in [1.165, 1.54) is 44.5 Å². The second-order valence-electron chi connectivity index (χ2n) is 20.0. The molecule has 356 valence electrons. The van der Waals surface area contributed by atoms with Crippen LogP contribution in [0, 0.1) is 0 Å². The van der Waals surface area contributed by atoms with E-state index < -0.39 is 5.41 Å². The largest absolute Gasteiger partial charge is 0.456 e. The van der Waals surface area contributed by atoms with Gasteiger partial charge >= 0.3 is 0 Å². The lowest BCUT2D eigenvalue weighted by molar-refractivity contribution is 0.668. The summed E-state index contributed by atoms with van der Waals surface area (Å²) in [6.07, 6.45) is 0. The number of hydrogen-bond donors (Lipinski definition) is 0. The SMILES string of the molecule is c1ccc(-c2ccc(N(c3ccc(-c4cc(-c5ccc6oc7ccccc7c6c5)cc(-c5ccc6oc7ccccc7c6c5)c4)cc3)c3ccc4c(c3)C(c3ccccc3)(c3ccccc3)c3ccccc3-4)cc2)cc1. The van der Waals surface area contributed by atoms with Gasteiger partial charge in [-0.15, -0.1) is 0 Å². The van der Waals surface area contributed by atoms with Gasteiger partial charge in [0.2, 0.25) is 0 Å². The van der Waals surface area contributed by atoms with Crippen LogP contribution in [-0.2, 0) is 5.41 Å². The quantitative estimate of drug-likeness (QED) is 0.144. The van der Waals surface area contributed by atoms with Crippen molar-refractivity contribution in [3.05, 3.63) is 307 Å². The second-order valence-corrected chi connectivity index (χ2v) is 20.0. The van der Waals surface area contributed by atoms with E-state index in [1.807, 2.05) is 24.3 Å². The summed E-state index contributed by atoms with van der Waals surface area (Å²) in [5.41, 5.74) is 22.9. The smallest absolute Gasteiger partial charge is 0.135 e. The summed E-state index contributed by atoms with van der Waals surface area (Å²) >= 11 is 0. The van der Waals surface area contributed by atoms with E-state index in [-0.39, 0.29) is 0 Å². The number of rotatable bonds is 9. The van der Waals surface area contributed by atoms with Crippen LogP contribution in [0.1, 0.15) is 22.3 Å². The Morgan fingerprint density at radius 2 is 0.632 bits per heavy atom. The molecule has 3 heteroatoms. The number of para-hydroxylation sites is 2. The molecule has 0 atom stereocenters. The lowest BCUT2D eigenvalue weighted by Crippen LogP contribution is -2.28. The highest BCUT2D eigenvalue weighted by atomic mass is 16.3. The number of anilines is 3. The van der Waals surface area contributed by atoms with Crippen molar-refractivity contribution in [3.8, 4) is 55.6 Å². The number of hydrogen-bond acceptors (Lipinski definition) is 3. The highest BCUT2D eigenvalue weighted by Crippen LogP contribution is 2.57. The zero-order chi connectivity index (χ0) is 50.2. The zero-order valence-corrected chi connectivity index (χ0v) is 41.4. The van der Waals surface area contributed by atoms with Crippen LogP contribution >= 0.6 is 0 Å². The van der Waals surface area contributed by atoms with Crippen LogP contribution in [0.5, 0.6) is 0 Å². The molecule has 0 spiro atoms. The Labute approximate surface area is 440 Å². The Morgan fingerprint density at radius 3 is 1.18 bits per heavy atom. The van der Waals surface area contributed by atoms with Gasteiger partial charge in [-0.3, -0.25) is 0 Å². The van der Waals surface area contributed by atoms with Crippen LogP contribution in [0.3, 0.4) is 0 Å². The molecule has 3 nitrogen and oxygen atoms in total. The number of furan rings is 2. The van der Waals surface area contributed by atoms with Crippen molar-refractivity contribution in [2.24, 2.45) is 0 Å². The first-order chi connectivity index (χ1) is 37.6. The molecule has 1 aliphatic rings. The first-order valence-electron chi connectivity index (χ1n) is 26.0. The fourth-order valence-electron chi connectivity index (χ4n) is 12.2. The maximum absolute atomic E-state index is 6.29. The Kier molecular flexibility index (Phi) is 10.1. The maximum atomic E-state index is 6.29. The van der Waals surface area contributed by atoms with Gasteiger partial charge in [0.1, 0.15) is 22.3 Å². The van der Waals surface area contributed by atoms with Crippen molar-refractivity contribution in [1.82, 2.24) is 0 Å². The molecule has 0 aliphatic heterocycles. The van der Waals surface area contributed by atoms with E-state index >= 15 is 0 Å². The monoisotopic (exact) mass is 969 g/mol. The van der Waals surface area contributed by atoms with Crippen LogP contribution in [0.2, 0.25) is 0 Å². The van der Waals surface area contributed by atoms with E-state index in [0.717, 1.165) is 94.3 Å². The Bertz CT molecular complexity index is 4320. The Hall–Kier alpha value is -9.96. The number of fused-ring (bicyclic) bond motifs is 9. The molecule has 12 aromatic carbocycles. The predicted molar refractivity (Wildman–Crippen MR) is 315 cm³/mol. The van der Waals surface area contributed by atoms with Gasteiger partial charge in [0.25, 0.3) is 0 Å². The summed E-state index contributed by atoms with van der Waals surface area (Å²) in [5, 5.41) is 4.43. The summed E-state index contributed by atoms with van der Waals surface area (Å²) in [5.74, 6) is 0. The van der Waals surface area contributed by atoms with Crippen molar-refractivity contribution < 1.29 is 8.83 Å². The van der Waals surface area contributed by atoms with E-state index in [2.05, 4.69) is 266 Å². The molecule has 0 unspecified atom stereocenters. The van der Waals surface area contributed by atoms with E-state index in [9.17, 15) is 0 Å². The van der Waals surface area contributed by atoms with Crippen LogP contribution in [0.15, 0.2) is 294 Å². The topological polar surface area (TPSA) is 29.5 Å². The minimum absolute atomic E-state index is 0.537. The Balaban J connectivity index is 0.894. The average molecular weight is 970 g/mol. The van der Waals surface area contributed by atoms with Gasteiger partial charge in [-0.25, -0.2) is 0 Å². The molecular weight excluding hydrogens is 923 g/mol. The van der Waals surface area contributed by atoms with Gasteiger partial charge in [0, 0.05) is 38.6 Å². The molecule has 1 aliphatic carbocycles. The summed E-state index contributed by atoms with van der Waals surface area (Å²) in [4.78, 5) is 2.42. The van der Waals surface area contributed by atoms with E-state index in [0.29, 0.717) is 0 Å². The number of nitrogens with zero attached hydrogens (tertiary/aromatic N) is 1. The van der Waals surface area contributed by atoms with Crippen LogP contribution in [0.25, 0.3) is 99.5 Å². The summed E-state index contributed by atoms with van der Waals surface area (Å²) < 4.78 is 12.6. The molecule has 0 saturated heterocycles. The van der Waals surface area contributed by atoms with Gasteiger partial charge in [-0.2, -0.15) is 0 Å². The molecule has 2 heterocycles. The first-order valence-corrected chi connectivity index (χ1v) is 26.0. The normalized spacial score (nSPS) is 12.6. The van der Waals surface area contributed by atoms with Crippen molar-refractivity contribution in [2.45, 2.75) is 5.41 Å². The van der Waals surface area contributed by atoms with Crippen LogP contribution in [0.4, 0.5) is 17.1 Å². The summed E-state index contributed by atoms with van der Waals surface area (Å²) in [7, 11) is 0. The molecule has 0 bridgehead atoms. The van der Waals surface area contributed by atoms with Gasteiger partial charge in [0.15, 0.2) is 0 Å². The minimum atomic E-state index is -0.537. The molecule has 14 aromatic rings. The van der Waals surface area contributed by atoms with E-state index in [4.69, 9.17) is 8.83 Å². The van der Waals surface area contributed by atoms with Gasteiger partial charge < -0.3 is 13.7 Å². The van der Waals surface area contributed by atoms with Crippen molar-refractivity contribution >= 4 is 60.9 Å². The fourth-order valence-corrected chi connectivity index (χ4v) is 12.2. The maximum Gasteiger partial charge on any atom is 0.135 e. The van der Waals surface area contributed by atoms with Gasteiger partial charge in [-0.1, -0.05) is 194 Å². The van der Waals surface area contributed by atoms with Crippen LogP contribution < -0.4 is 4.90 Å². The molecule has 0 amide bonds. The third-order valence-electron chi connectivity index (χ3n) is 15.7. The molecular formula is C73H47NO2. The summed E-state index contributed by atoms with van der Waals surface area (Å²) in [6.45, 7) is 0. The molecule has 0 fully saturated rings. The van der Waals surface area contributed by atoms with Crippen LogP contribution in [-0.4, -0.2) is 0 Å². The molecule has 15 rings (SSSR count). The van der Waals surface area contributed by atoms with E-state index in [1.54, 1.807) is 0 Å². The Morgan fingerprint density at radius 1 is 0.237 bits per heavy atom. The summed E-state index contributed by atoms with van der Waals surface area (Å²) in [6, 6.07) is 104. The highest BCUT2D eigenvalue weighted by Gasteiger charge is 2.46. The van der Waals surface area contributed by atoms with Crippen molar-refractivity contribution in [3.63, 3.8) is 0 Å². The van der Waals surface area contributed by atoms with Crippen molar-refractivity contribution in [1.29, 1.82) is 0 Å². The van der Waals surface area contributed by atoms with Gasteiger partial charge in [0.05, 0.1) is 5.41 Å². The lowest BCUT2D eigenvalue weighted by atomic mass is 9.67. The number of benzene rings is 12. The second kappa shape index (κ2) is 17.6. The zero-order valence-electron chi connectivity index (χ0n) is 41.4. The third-order valence-corrected chi connectivity index (χ3v) is 15.7. The molecule has 0 N–H and O–H groups in total. The first kappa shape index (κ1) is 43.6. The fraction of sp³-hybridized carbons (Fsp3) is 0.0137.